The number of hydrogen-bond acceptors (Lipinski definition) is 1. The lowest BCUT2D eigenvalue weighted by atomic mass is 9.99. The van der Waals surface area contributed by atoms with Crippen LogP contribution in [0.4, 0.5) is 0 Å². The van der Waals surface area contributed by atoms with E-state index in [1.54, 1.807) is 6.92 Å². The number of rotatable bonds is 1. The van der Waals surface area contributed by atoms with Crippen molar-refractivity contribution in [1.29, 1.82) is 0 Å². The van der Waals surface area contributed by atoms with Gasteiger partial charge in [0, 0.05) is 0 Å². The molecule has 2 rings (SSSR count). The van der Waals surface area contributed by atoms with Crippen LogP contribution in [0.1, 0.15) is 29.7 Å². The van der Waals surface area contributed by atoms with Crippen LogP contribution in [0.25, 0.3) is 10.8 Å². The van der Waals surface area contributed by atoms with E-state index in [0.717, 1.165) is 5.56 Å². The average molecular weight is 200 g/mol. The molecule has 0 heterocycles. The molecule has 0 saturated carbocycles. The molecule has 15 heavy (non-hydrogen) atoms. The van der Waals surface area contributed by atoms with E-state index in [0.29, 0.717) is 0 Å². The second-order valence-electron chi connectivity index (χ2n) is 4.22. The average Bonchev–Trinajstić information content (AvgIpc) is 2.19. The molecule has 0 aliphatic carbocycles. The van der Waals surface area contributed by atoms with Gasteiger partial charge >= 0.3 is 0 Å². The zero-order chi connectivity index (χ0) is 11.0. The summed E-state index contributed by atoms with van der Waals surface area (Å²) in [4.78, 5) is 0. The monoisotopic (exact) mass is 200 g/mol. The minimum Gasteiger partial charge on any atom is -0.389 e. The minimum absolute atomic E-state index is 0.393. The largest absolute Gasteiger partial charge is 0.389 e. The fraction of sp³-hybridized carbons (Fsp3) is 0.286. The fourth-order valence-corrected chi connectivity index (χ4v) is 1.80. The van der Waals surface area contributed by atoms with Crippen LogP contribution >= 0.6 is 0 Å². The van der Waals surface area contributed by atoms with E-state index in [4.69, 9.17) is 0 Å². The summed E-state index contributed by atoms with van der Waals surface area (Å²) in [6, 6.07) is 10.5. The van der Waals surface area contributed by atoms with E-state index in [9.17, 15) is 5.11 Å². The molecule has 0 spiro atoms. The van der Waals surface area contributed by atoms with Gasteiger partial charge in [0.1, 0.15) is 0 Å². The molecule has 0 saturated heterocycles. The van der Waals surface area contributed by atoms with Crippen LogP contribution in [-0.2, 0) is 0 Å². The summed E-state index contributed by atoms with van der Waals surface area (Å²) < 4.78 is 0. The van der Waals surface area contributed by atoms with Crippen LogP contribution in [0.2, 0.25) is 0 Å². The summed E-state index contributed by atoms with van der Waals surface area (Å²) in [5, 5.41) is 12.0. The van der Waals surface area contributed by atoms with Gasteiger partial charge in [-0.2, -0.15) is 0 Å². The van der Waals surface area contributed by atoms with Crippen molar-refractivity contribution in [1.82, 2.24) is 0 Å². The van der Waals surface area contributed by atoms with Gasteiger partial charge in [-0.3, -0.25) is 0 Å². The maximum absolute atomic E-state index is 9.51. The number of fused-ring (bicyclic) bond motifs is 1. The maximum atomic E-state index is 9.51. The first kappa shape index (κ1) is 10.2. The molecule has 0 aliphatic rings. The molecule has 0 aliphatic heterocycles. The Labute approximate surface area is 90.4 Å². The number of aryl methyl sites for hydroxylation is 2. The van der Waals surface area contributed by atoms with Gasteiger partial charge in [-0.05, 0) is 54.3 Å². The molecule has 1 unspecified atom stereocenters. The van der Waals surface area contributed by atoms with Gasteiger partial charge in [-0.25, -0.2) is 0 Å². The fourth-order valence-electron chi connectivity index (χ4n) is 1.80. The van der Waals surface area contributed by atoms with Crippen LogP contribution in [0, 0.1) is 13.8 Å². The Morgan fingerprint density at radius 2 is 1.53 bits per heavy atom. The van der Waals surface area contributed by atoms with Crippen molar-refractivity contribution in [2.75, 3.05) is 0 Å². The highest BCUT2D eigenvalue weighted by molar-refractivity contribution is 5.84. The van der Waals surface area contributed by atoms with Crippen LogP contribution in [0.15, 0.2) is 30.3 Å². The summed E-state index contributed by atoms with van der Waals surface area (Å²) in [7, 11) is 0. The summed E-state index contributed by atoms with van der Waals surface area (Å²) in [5.74, 6) is 0. The van der Waals surface area contributed by atoms with E-state index in [1.807, 2.05) is 6.07 Å². The molecule has 0 bridgehead atoms. The highest BCUT2D eigenvalue weighted by Gasteiger charge is 2.03. The molecule has 78 valence electrons. The van der Waals surface area contributed by atoms with E-state index >= 15 is 0 Å². The quantitative estimate of drug-likeness (QED) is 0.746. The third-order valence-corrected chi connectivity index (χ3v) is 2.96. The van der Waals surface area contributed by atoms with Gasteiger partial charge in [0.05, 0.1) is 6.10 Å². The molecule has 1 heteroatoms. The third kappa shape index (κ3) is 1.88. The van der Waals surface area contributed by atoms with Crippen LogP contribution < -0.4 is 0 Å². The zero-order valence-electron chi connectivity index (χ0n) is 9.41. The molecule has 0 fully saturated rings. The minimum atomic E-state index is -0.393. The molecule has 1 atom stereocenters. The molecular formula is C14H16O. The van der Waals surface area contributed by atoms with Crippen molar-refractivity contribution < 1.29 is 5.11 Å². The SMILES string of the molecule is Cc1cc2ccc(C(C)O)cc2cc1C. The molecular weight excluding hydrogens is 184 g/mol. The van der Waals surface area contributed by atoms with E-state index in [-0.39, 0.29) is 0 Å². The number of aliphatic hydroxyl groups excluding tert-OH is 1. The standard InChI is InChI=1S/C14H16O/c1-9-6-13-5-4-12(11(3)15)8-14(13)7-10(9)2/h4-8,11,15H,1-3H3. The highest BCUT2D eigenvalue weighted by atomic mass is 16.3. The molecule has 0 aromatic heterocycles. The highest BCUT2D eigenvalue weighted by Crippen LogP contribution is 2.23. The Hall–Kier alpha value is -1.34. The van der Waals surface area contributed by atoms with E-state index in [1.165, 1.54) is 21.9 Å². The first-order valence-corrected chi connectivity index (χ1v) is 5.27. The normalized spacial score (nSPS) is 13.1. The summed E-state index contributed by atoms with van der Waals surface area (Å²) in [6.07, 6.45) is -0.393. The Morgan fingerprint density at radius 3 is 2.13 bits per heavy atom. The second kappa shape index (κ2) is 3.67. The number of aliphatic hydroxyl groups is 1. The Balaban J connectivity index is 2.66. The first-order chi connectivity index (χ1) is 7.08. The van der Waals surface area contributed by atoms with Crippen molar-refractivity contribution >= 4 is 10.8 Å². The van der Waals surface area contributed by atoms with Crippen LogP contribution in [0.5, 0.6) is 0 Å². The van der Waals surface area contributed by atoms with Gasteiger partial charge < -0.3 is 5.11 Å². The predicted octanol–water partition coefficient (Wildman–Crippen LogP) is 3.51. The van der Waals surface area contributed by atoms with E-state index in [2.05, 4.69) is 38.1 Å². The molecule has 2 aromatic carbocycles. The maximum Gasteiger partial charge on any atom is 0.0762 e. The van der Waals surface area contributed by atoms with Crippen molar-refractivity contribution in [3.05, 3.63) is 47.0 Å². The first-order valence-electron chi connectivity index (χ1n) is 5.27. The van der Waals surface area contributed by atoms with Crippen molar-refractivity contribution in [3.63, 3.8) is 0 Å². The number of hydrogen-bond donors (Lipinski definition) is 1. The van der Waals surface area contributed by atoms with Crippen molar-refractivity contribution in [3.8, 4) is 0 Å². The Kier molecular flexibility index (Phi) is 2.49. The molecule has 1 N–H and O–H groups in total. The van der Waals surface area contributed by atoms with Gasteiger partial charge in [-0.15, -0.1) is 0 Å². The predicted molar refractivity (Wildman–Crippen MR) is 64.1 cm³/mol. The van der Waals surface area contributed by atoms with Crippen LogP contribution in [0.3, 0.4) is 0 Å². The molecule has 1 nitrogen and oxygen atoms in total. The summed E-state index contributed by atoms with van der Waals surface area (Å²) in [5.41, 5.74) is 3.59. The zero-order valence-corrected chi connectivity index (χ0v) is 9.41. The third-order valence-electron chi connectivity index (χ3n) is 2.96. The van der Waals surface area contributed by atoms with Gasteiger partial charge in [0.15, 0.2) is 0 Å². The van der Waals surface area contributed by atoms with Crippen molar-refractivity contribution in [2.24, 2.45) is 0 Å². The Bertz CT molecular complexity index is 498. The van der Waals surface area contributed by atoms with Gasteiger partial charge in [0.25, 0.3) is 0 Å². The van der Waals surface area contributed by atoms with Crippen LogP contribution in [-0.4, -0.2) is 5.11 Å². The lowest BCUT2D eigenvalue weighted by Crippen LogP contribution is -1.91. The van der Waals surface area contributed by atoms with E-state index < -0.39 is 6.10 Å². The second-order valence-corrected chi connectivity index (χ2v) is 4.22. The lowest BCUT2D eigenvalue weighted by Gasteiger charge is -2.08. The Morgan fingerprint density at radius 1 is 0.933 bits per heavy atom. The van der Waals surface area contributed by atoms with Crippen molar-refractivity contribution in [2.45, 2.75) is 26.9 Å². The van der Waals surface area contributed by atoms with Gasteiger partial charge in [-0.1, -0.05) is 24.3 Å². The summed E-state index contributed by atoms with van der Waals surface area (Å²) in [6.45, 7) is 6.03. The topological polar surface area (TPSA) is 20.2 Å². The van der Waals surface area contributed by atoms with Gasteiger partial charge in [0.2, 0.25) is 0 Å². The lowest BCUT2D eigenvalue weighted by molar-refractivity contribution is 0.199. The smallest absolute Gasteiger partial charge is 0.0762 e. The number of benzene rings is 2. The molecule has 0 amide bonds. The molecule has 0 radical (unpaired) electrons. The summed E-state index contributed by atoms with van der Waals surface area (Å²) >= 11 is 0. The molecule has 2 aromatic rings.